The maximum Gasteiger partial charge on any atom is 0.356 e. The topological polar surface area (TPSA) is 55.0 Å². The first-order valence-corrected chi connectivity index (χ1v) is 5.82. The SMILES string of the molecule is COC(=O)c1[nH]c(C)nc1-c1ccccc1Br. The second-order valence-corrected chi connectivity index (χ2v) is 4.37. The first-order valence-electron chi connectivity index (χ1n) is 5.03. The van der Waals surface area contributed by atoms with Crippen molar-refractivity contribution in [3.8, 4) is 11.3 Å². The van der Waals surface area contributed by atoms with E-state index in [1.165, 1.54) is 7.11 Å². The number of benzene rings is 1. The maximum absolute atomic E-state index is 11.6. The summed E-state index contributed by atoms with van der Waals surface area (Å²) in [6.07, 6.45) is 0. The highest BCUT2D eigenvalue weighted by molar-refractivity contribution is 9.10. The van der Waals surface area contributed by atoms with Crippen LogP contribution in [0, 0.1) is 6.92 Å². The fourth-order valence-corrected chi connectivity index (χ4v) is 2.06. The highest BCUT2D eigenvalue weighted by Gasteiger charge is 2.19. The zero-order valence-electron chi connectivity index (χ0n) is 9.45. The summed E-state index contributed by atoms with van der Waals surface area (Å²) < 4.78 is 5.61. The van der Waals surface area contributed by atoms with Crippen molar-refractivity contribution >= 4 is 21.9 Å². The number of H-pyrrole nitrogens is 1. The molecule has 0 saturated heterocycles. The van der Waals surface area contributed by atoms with Crippen LogP contribution in [0.25, 0.3) is 11.3 Å². The molecule has 0 aliphatic rings. The van der Waals surface area contributed by atoms with E-state index in [0.717, 1.165) is 10.0 Å². The van der Waals surface area contributed by atoms with Crippen LogP contribution in [0.1, 0.15) is 16.3 Å². The van der Waals surface area contributed by atoms with Crippen LogP contribution >= 0.6 is 15.9 Å². The molecule has 0 amide bonds. The van der Waals surface area contributed by atoms with Gasteiger partial charge in [-0.25, -0.2) is 9.78 Å². The molecule has 5 heteroatoms. The van der Waals surface area contributed by atoms with Crippen LogP contribution in [-0.4, -0.2) is 23.0 Å². The van der Waals surface area contributed by atoms with Crippen LogP contribution in [0.15, 0.2) is 28.7 Å². The summed E-state index contributed by atoms with van der Waals surface area (Å²) in [6, 6.07) is 7.60. The Morgan fingerprint density at radius 1 is 1.41 bits per heavy atom. The normalized spacial score (nSPS) is 10.3. The van der Waals surface area contributed by atoms with Gasteiger partial charge in [0.05, 0.1) is 7.11 Å². The zero-order chi connectivity index (χ0) is 12.4. The van der Waals surface area contributed by atoms with Crippen molar-refractivity contribution < 1.29 is 9.53 Å². The average Bonchev–Trinajstić information content (AvgIpc) is 2.71. The minimum atomic E-state index is -0.420. The van der Waals surface area contributed by atoms with Gasteiger partial charge in [0.1, 0.15) is 11.5 Å². The zero-order valence-corrected chi connectivity index (χ0v) is 11.0. The number of imidazole rings is 1. The van der Waals surface area contributed by atoms with Gasteiger partial charge in [0.2, 0.25) is 0 Å². The van der Waals surface area contributed by atoms with Crippen molar-refractivity contribution in [2.45, 2.75) is 6.92 Å². The molecule has 1 aromatic carbocycles. The van der Waals surface area contributed by atoms with Gasteiger partial charge in [0.25, 0.3) is 0 Å². The van der Waals surface area contributed by atoms with E-state index in [4.69, 9.17) is 4.74 Å². The molecule has 0 spiro atoms. The number of esters is 1. The minimum Gasteiger partial charge on any atom is -0.464 e. The Labute approximate surface area is 107 Å². The predicted molar refractivity (Wildman–Crippen MR) is 67.8 cm³/mol. The van der Waals surface area contributed by atoms with E-state index in [1.54, 1.807) is 6.92 Å². The van der Waals surface area contributed by atoms with Crippen molar-refractivity contribution in [1.82, 2.24) is 9.97 Å². The first kappa shape index (κ1) is 11.9. The van der Waals surface area contributed by atoms with Gasteiger partial charge in [-0.05, 0) is 13.0 Å². The summed E-state index contributed by atoms with van der Waals surface area (Å²) in [5.74, 6) is 0.257. The Bertz CT molecular complexity index is 563. The molecule has 0 aliphatic carbocycles. The summed E-state index contributed by atoms with van der Waals surface area (Å²) in [5.41, 5.74) is 1.83. The number of halogens is 1. The number of aryl methyl sites for hydroxylation is 1. The molecule has 0 atom stereocenters. The van der Waals surface area contributed by atoms with Gasteiger partial charge in [0.15, 0.2) is 5.69 Å². The lowest BCUT2D eigenvalue weighted by atomic mass is 10.1. The van der Waals surface area contributed by atoms with E-state index in [-0.39, 0.29) is 0 Å². The van der Waals surface area contributed by atoms with E-state index in [2.05, 4.69) is 25.9 Å². The molecule has 1 aromatic heterocycles. The van der Waals surface area contributed by atoms with E-state index in [0.29, 0.717) is 17.2 Å². The fraction of sp³-hybridized carbons (Fsp3) is 0.167. The van der Waals surface area contributed by atoms with Crippen LogP contribution in [-0.2, 0) is 4.74 Å². The second-order valence-electron chi connectivity index (χ2n) is 3.52. The van der Waals surface area contributed by atoms with Crippen LogP contribution < -0.4 is 0 Å². The molecule has 0 bridgehead atoms. The van der Waals surface area contributed by atoms with E-state index in [1.807, 2.05) is 24.3 Å². The number of nitrogens with one attached hydrogen (secondary N) is 1. The van der Waals surface area contributed by atoms with E-state index < -0.39 is 5.97 Å². The van der Waals surface area contributed by atoms with Gasteiger partial charge in [-0.1, -0.05) is 34.1 Å². The maximum atomic E-state index is 11.6. The van der Waals surface area contributed by atoms with Gasteiger partial charge in [-0.3, -0.25) is 0 Å². The molecule has 0 aliphatic heterocycles. The predicted octanol–water partition coefficient (Wildman–Crippen LogP) is 2.93. The monoisotopic (exact) mass is 294 g/mol. The van der Waals surface area contributed by atoms with Crippen molar-refractivity contribution in [1.29, 1.82) is 0 Å². The Morgan fingerprint density at radius 3 is 2.76 bits per heavy atom. The Hall–Kier alpha value is -1.62. The molecular weight excluding hydrogens is 284 g/mol. The lowest BCUT2D eigenvalue weighted by Gasteiger charge is -2.03. The number of hydrogen-bond donors (Lipinski definition) is 1. The van der Waals surface area contributed by atoms with Gasteiger partial charge >= 0.3 is 5.97 Å². The smallest absolute Gasteiger partial charge is 0.356 e. The molecule has 4 nitrogen and oxygen atoms in total. The third kappa shape index (κ3) is 2.24. The van der Waals surface area contributed by atoms with Crippen molar-refractivity contribution in [3.05, 3.63) is 40.3 Å². The third-order valence-corrected chi connectivity index (χ3v) is 3.03. The van der Waals surface area contributed by atoms with Gasteiger partial charge < -0.3 is 9.72 Å². The Balaban J connectivity index is 2.60. The molecule has 0 unspecified atom stereocenters. The number of rotatable bonds is 2. The minimum absolute atomic E-state index is 0.372. The number of carbonyl (C=O) groups excluding carboxylic acids is 1. The summed E-state index contributed by atoms with van der Waals surface area (Å²) in [4.78, 5) is 18.9. The molecule has 1 N–H and O–H groups in total. The standard InChI is InChI=1S/C12H11BrN2O2/c1-7-14-10(11(15-7)12(16)17-2)8-5-3-4-6-9(8)13/h3-6H,1-2H3,(H,14,15). The molecular formula is C12H11BrN2O2. The third-order valence-electron chi connectivity index (χ3n) is 2.34. The number of aromatic amines is 1. The molecule has 88 valence electrons. The Kier molecular flexibility index (Phi) is 3.28. The number of hydrogen-bond acceptors (Lipinski definition) is 3. The summed E-state index contributed by atoms with van der Waals surface area (Å²) in [6.45, 7) is 1.80. The highest BCUT2D eigenvalue weighted by Crippen LogP contribution is 2.29. The van der Waals surface area contributed by atoms with Crippen molar-refractivity contribution in [2.24, 2.45) is 0 Å². The summed E-state index contributed by atoms with van der Waals surface area (Å²) in [7, 11) is 1.35. The first-order chi connectivity index (χ1) is 8.13. The molecule has 1 heterocycles. The Morgan fingerprint density at radius 2 is 2.12 bits per heavy atom. The fourth-order valence-electron chi connectivity index (χ4n) is 1.59. The van der Waals surface area contributed by atoms with Gasteiger partial charge in [0, 0.05) is 10.0 Å². The average molecular weight is 295 g/mol. The van der Waals surface area contributed by atoms with Crippen LogP contribution in [0.2, 0.25) is 0 Å². The molecule has 0 saturated carbocycles. The van der Waals surface area contributed by atoms with Crippen molar-refractivity contribution in [3.63, 3.8) is 0 Å². The second kappa shape index (κ2) is 4.71. The highest BCUT2D eigenvalue weighted by atomic mass is 79.9. The number of ether oxygens (including phenoxy) is 1. The van der Waals surface area contributed by atoms with Crippen LogP contribution in [0.4, 0.5) is 0 Å². The lowest BCUT2D eigenvalue weighted by molar-refractivity contribution is 0.0595. The van der Waals surface area contributed by atoms with E-state index >= 15 is 0 Å². The van der Waals surface area contributed by atoms with Crippen LogP contribution in [0.5, 0.6) is 0 Å². The van der Waals surface area contributed by atoms with Gasteiger partial charge in [-0.15, -0.1) is 0 Å². The van der Waals surface area contributed by atoms with Crippen molar-refractivity contribution in [2.75, 3.05) is 7.11 Å². The number of nitrogens with zero attached hydrogens (tertiary/aromatic N) is 1. The van der Waals surface area contributed by atoms with Gasteiger partial charge in [-0.2, -0.15) is 0 Å². The lowest BCUT2D eigenvalue weighted by Crippen LogP contribution is -2.03. The molecule has 0 fully saturated rings. The number of methoxy groups -OCH3 is 1. The molecule has 0 radical (unpaired) electrons. The number of carbonyl (C=O) groups is 1. The van der Waals surface area contributed by atoms with Crippen LogP contribution in [0.3, 0.4) is 0 Å². The summed E-state index contributed by atoms with van der Waals surface area (Å²) in [5, 5.41) is 0. The number of aromatic nitrogens is 2. The van der Waals surface area contributed by atoms with E-state index in [9.17, 15) is 4.79 Å². The molecule has 17 heavy (non-hydrogen) atoms. The summed E-state index contributed by atoms with van der Waals surface area (Å²) >= 11 is 3.44. The quantitative estimate of drug-likeness (QED) is 0.867. The molecule has 2 aromatic rings. The molecule has 2 rings (SSSR count). The largest absolute Gasteiger partial charge is 0.464 e.